The maximum absolute atomic E-state index is 12.8. The van der Waals surface area contributed by atoms with Crippen molar-refractivity contribution in [3.05, 3.63) is 35.5 Å². The van der Waals surface area contributed by atoms with Crippen molar-refractivity contribution in [3.8, 4) is 10.7 Å². The number of rotatable bonds is 6. The summed E-state index contributed by atoms with van der Waals surface area (Å²) in [5.41, 5.74) is 0.362. The molecule has 1 N–H and O–H groups in total. The first-order chi connectivity index (χ1) is 12.7. The van der Waals surface area contributed by atoms with Crippen LogP contribution in [-0.4, -0.2) is 65.7 Å². The summed E-state index contributed by atoms with van der Waals surface area (Å²) in [7, 11) is 0. The van der Waals surface area contributed by atoms with Gasteiger partial charge in [-0.2, -0.15) is 0 Å². The van der Waals surface area contributed by atoms with Crippen molar-refractivity contribution in [1.82, 2.24) is 20.2 Å². The first-order valence-corrected chi connectivity index (χ1v) is 9.14. The lowest BCUT2D eigenvalue weighted by Crippen LogP contribution is -2.50. The molecule has 1 aliphatic heterocycles. The summed E-state index contributed by atoms with van der Waals surface area (Å²) in [6.45, 7) is 0.403. The smallest absolute Gasteiger partial charge is 0.257 e. The van der Waals surface area contributed by atoms with Crippen LogP contribution in [0, 0.1) is 0 Å². The predicted molar refractivity (Wildman–Crippen MR) is 94.6 cm³/mol. The van der Waals surface area contributed by atoms with E-state index in [0.717, 1.165) is 4.88 Å². The number of aromatic nitrogens is 2. The maximum atomic E-state index is 12.8. The third-order valence-electron chi connectivity index (χ3n) is 3.97. The van der Waals surface area contributed by atoms with Gasteiger partial charge < -0.3 is 15.0 Å². The first kappa shape index (κ1) is 18.4. The number of ether oxygens (including phenoxy) is 1. The van der Waals surface area contributed by atoms with Gasteiger partial charge >= 0.3 is 0 Å². The molecule has 7 nitrogen and oxygen atoms in total. The largest absolute Gasteiger partial charge is 0.377 e. The number of halogens is 1. The van der Waals surface area contributed by atoms with E-state index in [2.05, 4.69) is 15.3 Å². The normalized spacial score (nSPS) is 17.1. The van der Waals surface area contributed by atoms with Crippen molar-refractivity contribution in [3.63, 3.8) is 0 Å². The molecule has 0 radical (unpaired) electrons. The number of alkyl halides is 1. The van der Waals surface area contributed by atoms with Gasteiger partial charge in [0.25, 0.3) is 5.91 Å². The number of hydrogen-bond acceptors (Lipinski definition) is 6. The first-order valence-electron chi connectivity index (χ1n) is 8.26. The van der Waals surface area contributed by atoms with Crippen LogP contribution >= 0.6 is 11.3 Å². The minimum Gasteiger partial charge on any atom is -0.377 e. The molecule has 3 heterocycles. The minimum atomic E-state index is -0.622. The van der Waals surface area contributed by atoms with Gasteiger partial charge in [0, 0.05) is 31.9 Å². The molecule has 0 aromatic carbocycles. The number of morpholine rings is 1. The van der Waals surface area contributed by atoms with E-state index >= 15 is 0 Å². The van der Waals surface area contributed by atoms with Crippen LogP contribution < -0.4 is 5.32 Å². The van der Waals surface area contributed by atoms with Crippen LogP contribution in [0.2, 0.25) is 0 Å². The zero-order valence-corrected chi connectivity index (χ0v) is 14.9. The number of nitrogens with zero attached hydrogens (tertiary/aromatic N) is 3. The molecule has 0 aliphatic carbocycles. The third kappa shape index (κ3) is 4.41. The van der Waals surface area contributed by atoms with Crippen LogP contribution in [0.3, 0.4) is 0 Å². The number of amides is 2. The number of carbonyl (C=O) groups is 2. The zero-order chi connectivity index (χ0) is 18.4. The Labute approximate surface area is 154 Å². The van der Waals surface area contributed by atoms with Crippen LogP contribution in [-0.2, 0) is 9.53 Å². The Hall–Kier alpha value is -2.39. The van der Waals surface area contributed by atoms with E-state index < -0.39 is 12.7 Å². The molecular formula is C17H19FN4O3S. The number of nitrogens with one attached hydrogen (secondary N) is 1. The quantitative estimate of drug-likeness (QED) is 0.824. The monoisotopic (exact) mass is 378 g/mol. The van der Waals surface area contributed by atoms with Crippen LogP contribution in [0.15, 0.2) is 29.9 Å². The van der Waals surface area contributed by atoms with Crippen LogP contribution in [0.25, 0.3) is 10.7 Å². The van der Waals surface area contributed by atoms with Gasteiger partial charge in [0.15, 0.2) is 5.82 Å². The Morgan fingerprint density at radius 2 is 2.19 bits per heavy atom. The Morgan fingerprint density at radius 1 is 1.38 bits per heavy atom. The highest BCUT2D eigenvalue weighted by Crippen LogP contribution is 2.21. The van der Waals surface area contributed by atoms with Gasteiger partial charge in [-0.1, -0.05) is 6.07 Å². The molecule has 26 heavy (non-hydrogen) atoms. The lowest BCUT2D eigenvalue weighted by atomic mass is 10.1. The van der Waals surface area contributed by atoms with E-state index in [1.807, 2.05) is 17.5 Å². The van der Waals surface area contributed by atoms with Gasteiger partial charge in [0.05, 0.1) is 29.7 Å². The molecule has 2 amide bonds. The van der Waals surface area contributed by atoms with Crippen molar-refractivity contribution in [2.45, 2.75) is 12.5 Å². The highest BCUT2D eigenvalue weighted by atomic mass is 32.1. The van der Waals surface area contributed by atoms with Gasteiger partial charge in [0.1, 0.15) is 6.67 Å². The van der Waals surface area contributed by atoms with Crippen molar-refractivity contribution in [2.75, 3.05) is 33.0 Å². The summed E-state index contributed by atoms with van der Waals surface area (Å²) >= 11 is 1.52. The molecule has 9 heteroatoms. The topological polar surface area (TPSA) is 84.4 Å². The van der Waals surface area contributed by atoms with Crippen molar-refractivity contribution in [2.24, 2.45) is 0 Å². The fourth-order valence-corrected chi connectivity index (χ4v) is 3.37. The Bertz CT molecular complexity index is 739. The minimum absolute atomic E-state index is 0.0294. The lowest BCUT2D eigenvalue weighted by Gasteiger charge is -2.35. The molecule has 1 atom stereocenters. The average molecular weight is 378 g/mol. The second-order valence-electron chi connectivity index (χ2n) is 5.74. The molecular weight excluding hydrogens is 359 g/mol. The molecule has 138 valence electrons. The lowest BCUT2D eigenvalue weighted by molar-refractivity contribution is -0.123. The fourth-order valence-electron chi connectivity index (χ4n) is 2.70. The zero-order valence-electron chi connectivity index (χ0n) is 14.1. The molecule has 2 aromatic rings. The Kier molecular flexibility index (Phi) is 6.24. The third-order valence-corrected chi connectivity index (χ3v) is 4.83. The Balaban J connectivity index is 1.68. The highest BCUT2D eigenvalue weighted by molar-refractivity contribution is 7.13. The molecule has 0 bridgehead atoms. The summed E-state index contributed by atoms with van der Waals surface area (Å²) in [5.74, 6) is 0.0234. The molecule has 1 aliphatic rings. The predicted octanol–water partition coefficient (Wildman–Crippen LogP) is 1.52. The average Bonchev–Trinajstić information content (AvgIpc) is 3.21. The molecule has 0 unspecified atom stereocenters. The molecule has 2 aromatic heterocycles. The van der Waals surface area contributed by atoms with E-state index in [0.29, 0.717) is 24.5 Å². The van der Waals surface area contributed by atoms with Gasteiger partial charge in [-0.05, 0) is 11.4 Å². The van der Waals surface area contributed by atoms with E-state index in [-0.39, 0.29) is 31.4 Å². The van der Waals surface area contributed by atoms with E-state index in [4.69, 9.17) is 4.74 Å². The van der Waals surface area contributed by atoms with Crippen molar-refractivity contribution >= 4 is 23.2 Å². The van der Waals surface area contributed by atoms with E-state index in [1.54, 1.807) is 4.90 Å². The van der Waals surface area contributed by atoms with E-state index in [9.17, 15) is 14.0 Å². The van der Waals surface area contributed by atoms with E-state index in [1.165, 1.54) is 23.7 Å². The van der Waals surface area contributed by atoms with Crippen LogP contribution in [0.4, 0.5) is 4.39 Å². The second-order valence-corrected chi connectivity index (χ2v) is 6.69. The standard InChI is InChI=1S/C17H19FN4O3S/c18-3-4-19-15(23)8-13-11-25-6-5-22(13)17(24)12-9-20-16(21-10-12)14-2-1-7-26-14/h1-2,7,9-10,13H,3-6,8,11H2,(H,19,23)/t13-/m0/s1. The fraction of sp³-hybridized carbons (Fsp3) is 0.412. The summed E-state index contributed by atoms with van der Waals surface area (Å²) in [6, 6.07) is 3.43. The van der Waals surface area contributed by atoms with Gasteiger partial charge in [-0.3, -0.25) is 9.59 Å². The number of carbonyl (C=O) groups excluding carboxylic acids is 2. The number of hydrogen-bond donors (Lipinski definition) is 1. The van der Waals surface area contributed by atoms with Crippen molar-refractivity contribution < 1.29 is 18.7 Å². The molecule has 3 rings (SSSR count). The molecule has 1 saturated heterocycles. The Morgan fingerprint density at radius 3 is 2.88 bits per heavy atom. The van der Waals surface area contributed by atoms with Crippen molar-refractivity contribution in [1.29, 1.82) is 0 Å². The second kappa shape index (κ2) is 8.81. The molecule has 0 saturated carbocycles. The molecule has 1 fully saturated rings. The highest BCUT2D eigenvalue weighted by Gasteiger charge is 2.30. The van der Waals surface area contributed by atoms with Gasteiger partial charge in [0.2, 0.25) is 5.91 Å². The summed E-state index contributed by atoms with van der Waals surface area (Å²) in [4.78, 5) is 35.7. The SMILES string of the molecule is O=C(C[C@H]1COCCN1C(=O)c1cnc(-c2cccs2)nc1)NCCF. The van der Waals surface area contributed by atoms with Crippen LogP contribution in [0.5, 0.6) is 0 Å². The number of thiophene rings is 1. The molecule has 0 spiro atoms. The summed E-state index contributed by atoms with van der Waals surface area (Å²) < 4.78 is 17.6. The van der Waals surface area contributed by atoms with Crippen LogP contribution in [0.1, 0.15) is 16.8 Å². The van der Waals surface area contributed by atoms with Gasteiger partial charge in [-0.15, -0.1) is 11.3 Å². The maximum Gasteiger partial charge on any atom is 0.257 e. The summed E-state index contributed by atoms with van der Waals surface area (Å²) in [5, 5.41) is 4.41. The van der Waals surface area contributed by atoms with Gasteiger partial charge in [-0.25, -0.2) is 14.4 Å². The summed E-state index contributed by atoms with van der Waals surface area (Å²) in [6.07, 6.45) is 3.07.